The van der Waals surface area contributed by atoms with Crippen LogP contribution in [0.5, 0.6) is 11.6 Å². The molecule has 7 heteroatoms. The van der Waals surface area contributed by atoms with Crippen molar-refractivity contribution in [2.45, 2.75) is 12.3 Å². The zero-order chi connectivity index (χ0) is 15.0. The van der Waals surface area contributed by atoms with E-state index in [0.717, 1.165) is 5.56 Å². The van der Waals surface area contributed by atoms with E-state index < -0.39 is 23.1 Å². The van der Waals surface area contributed by atoms with Crippen molar-refractivity contribution in [2.75, 3.05) is 7.11 Å². The van der Waals surface area contributed by atoms with Crippen LogP contribution in [0.4, 0.5) is 0 Å². The van der Waals surface area contributed by atoms with E-state index in [-0.39, 0.29) is 17.9 Å². The van der Waals surface area contributed by atoms with E-state index in [1.54, 1.807) is 31.4 Å². The minimum atomic E-state index is -0.707. The van der Waals surface area contributed by atoms with Gasteiger partial charge in [0, 0.05) is 5.92 Å². The van der Waals surface area contributed by atoms with E-state index in [2.05, 4.69) is 9.97 Å². The Morgan fingerprint density at radius 3 is 2.52 bits per heavy atom. The molecular formula is C14H12N2O5. The van der Waals surface area contributed by atoms with Crippen LogP contribution in [0, 0.1) is 0 Å². The van der Waals surface area contributed by atoms with E-state index >= 15 is 0 Å². The lowest BCUT2D eigenvalue weighted by Crippen LogP contribution is -2.33. The Morgan fingerprint density at radius 1 is 1.14 bits per heavy atom. The molecule has 2 heterocycles. The van der Waals surface area contributed by atoms with Crippen molar-refractivity contribution in [1.29, 1.82) is 0 Å². The van der Waals surface area contributed by atoms with Gasteiger partial charge in [-0.05, 0) is 17.7 Å². The number of nitrogens with one attached hydrogen (secondary N) is 2. The van der Waals surface area contributed by atoms with Crippen LogP contribution >= 0.6 is 0 Å². The van der Waals surface area contributed by atoms with Gasteiger partial charge < -0.3 is 9.47 Å². The average Bonchev–Trinajstić information content (AvgIpc) is 2.45. The maximum atomic E-state index is 12.0. The molecule has 108 valence electrons. The van der Waals surface area contributed by atoms with Gasteiger partial charge in [-0.1, -0.05) is 12.1 Å². The number of esters is 1. The van der Waals surface area contributed by atoms with Gasteiger partial charge in [-0.3, -0.25) is 19.6 Å². The molecule has 7 nitrogen and oxygen atoms in total. The molecule has 0 amide bonds. The predicted molar refractivity (Wildman–Crippen MR) is 72.8 cm³/mol. The Balaban J connectivity index is 2.14. The first-order valence-electron chi connectivity index (χ1n) is 6.29. The summed E-state index contributed by atoms with van der Waals surface area (Å²) in [4.78, 5) is 39.5. The molecule has 0 aliphatic carbocycles. The molecule has 1 aromatic carbocycles. The lowest BCUT2D eigenvalue weighted by Gasteiger charge is -2.23. The normalized spacial score (nSPS) is 17.0. The molecule has 0 radical (unpaired) electrons. The highest BCUT2D eigenvalue weighted by Gasteiger charge is 2.32. The third-order valence-electron chi connectivity index (χ3n) is 3.40. The molecule has 3 rings (SSSR count). The van der Waals surface area contributed by atoms with Crippen LogP contribution in [0.1, 0.15) is 23.5 Å². The first kappa shape index (κ1) is 13.2. The number of methoxy groups -OCH3 is 1. The van der Waals surface area contributed by atoms with Crippen LogP contribution < -0.4 is 20.7 Å². The second-order valence-corrected chi connectivity index (χ2v) is 4.65. The second kappa shape index (κ2) is 4.93. The fourth-order valence-corrected chi connectivity index (χ4v) is 2.42. The summed E-state index contributed by atoms with van der Waals surface area (Å²) in [6.45, 7) is 0. The molecule has 0 saturated heterocycles. The van der Waals surface area contributed by atoms with Crippen LogP contribution in [0.3, 0.4) is 0 Å². The molecule has 1 aliphatic rings. The molecule has 1 aromatic heterocycles. The van der Waals surface area contributed by atoms with Gasteiger partial charge in [0.15, 0.2) is 0 Å². The minimum Gasteiger partial charge on any atom is -0.497 e. The Kier molecular flexibility index (Phi) is 3.09. The maximum absolute atomic E-state index is 12.0. The summed E-state index contributed by atoms with van der Waals surface area (Å²) in [6.07, 6.45) is 0.0362. The largest absolute Gasteiger partial charge is 0.497 e. The van der Waals surface area contributed by atoms with Gasteiger partial charge in [-0.15, -0.1) is 0 Å². The Bertz CT molecular complexity index is 803. The highest BCUT2D eigenvalue weighted by Crippen LogP contribution is 2.34. The van der Waals surface area contributed by atoms with Crippen molar-refractivity contribution in [1.82, 2.24) is 9.97 Å². The molecule has 1 atom stereocenters. The van der Waals surface area contributed by atoms with E-state index in [0.29, 0.717) is 5.75 Å². The number of hydrogen-bond acceptors (Lipinski definition) is 5. The predicted octanol–water partition coefficient (Wildman–Crippen LogP) is 0.513. The summed E-state index contributed by atoms with van der Waals surface area (Å²) < 4.78 is 10.0. The van der Waals surface area contributed by atoms with E-state index in [1.807, 2.05) is 0 Å². The van der Waals surface area contributed by atoms with Crippen LogP contribution in [0.2, 0.25) is 0 Å². The van der Waals surface area contributed by atoms with Gasteiger partial charge in [-0.2, -0.15) is 0 Å². The van der Waals surface area contributed by atoms with Crippen molar-refractivity contribution in [3.8, 4) is 11.6 Å². The highest BCUT2D eigenvalue weighted by atomic mass is 16.5. The lowest BCUT2D eigenvalue weighted by molar-refractivity contribution is -0.136. The molecule has 1 unspecified atom stereocenters. The number of hydrogen-bond donors (Lipinski definition) is 2. The van der Waals surface area contributed by atoms with Crippen LogP contribution in [-0.4, -0.2) is 23.0 Å². The standard InChI is InChI=1S/C14H12N2O5/c1-20-8-4-2-7(3-5-8)9-6-10(17)21-13-11(9)12(18)15-14(19)16-13/h2-5,9H,6H2,1H3,(H2,15,16,18,19). The second-order valence-electron chi connectivity index (χ2n) is 4.65. The topological polar surface area (TPSA) is 101 Å². The number of H-pyrrole nitrogens is 2. The van der Waals surface area contributed by atoms with Gasteiger partial charge in [-0.25, -0.2) is 4.79 Å². The summed E-state index contributed by atoms with van der Waals surface area (Å²) >= 11 is 0. The van der Waals surface area contributed by atoms with Gasteiger partial charge in [0.05, 0.1) is 19.1 Å². The minimum absolute atomic E-state index is 0.0362. The van der Waals surface area contributed by atoms with Crippen LogP contribution in [0.25, 0.3) is 0 Å². The Morgan fingerprint density at radius 2 is 1.86 bits per heavy atom. The van der Waals surface area contributed by atoms with Gasteiger partial charge in [0.25, 0.3) is 5.56 Å². The summed E-state index contributed by atoms with van der Waals surface area (Å²) in [5.74, 6) is -0.370. The number of carbonyl (C=O) groups excluding carboxylic acids is 1. The monoisotopic (exact) mass is 288 g/mol. The zero-order valence-corrected chi connectivity index (χ0v) is 11.1. The highest BCUT2D eigenvalue weighted by molar-refractivity contribution is 5.76. The van der Waals surface area contributed by atoms with E-state index in [1.165, 1.54) is 0 Å². The van der Waals surface area contributed by atoms with Crippen molar-refractivity contribution < 1.29 is 14.3 Å². The molecule has 0 bridgehead atoms. The molecule has 0 saturated carbocycles. The SMILES string of the molecule is COc1ccc(C2CC(=O)Oc3[nH]c(=O)[nH]c(=O)c32)cc1. The molecule has 0 fully saturated rings. The summed E-state index contributed by atoms with van der Waals surface area (Å²) in [5.41, 5.74) is -0.241. The van der Waals surface area contributed by atoms with Crippen LogP contribution in [0.15, 0.2) is 33.9 Å². The van der Waals surface area contributed by atoms with E-state index in [4.69, 9.17) is 9.47 Å². The van der Waals surface area contributed by atoms with Crippen molar-refractivity contribution in [3.05, 3.63) is 56.2 Å². The summed E-state index contributed by atoms with van der Waals surface area (Å²) in [6, 6.07) is 7.04. The first-order valence-corrected chi connectivity index (χ1v) is 6.29. The van der Waals surface area contributed by atoms with Crippen LogP contribution in [-0.2, 0) is 4.79 Å². The molecule has 2 aromatic rings. The maximum Gasteiger partial charge on any atom is 0.328 e. The fraction of sp³-hybridized carbons (Fsp3) is 0.214. The Hall–Kier alpha value is -2.83. The number of ether oxygens (including phenoxy) is 2. The molecule has 0 spiro atoms. The van der Waals surface area contributed by atoms with Crippen molar-refractivity contribution in [3.63, 3.8) is 0 Å². The first-order chi connectivity index (χ1) is 10.1. The van der Waals surface area contributed by atoms with Crippen molar-refractivity contribution >= 4 is 5.97 Å². The quantitative estimate of drug-likeness (QED) is 0.784. The van der Waals surface area contributed by atoms with Crippen molar-refractivity contribution in [2.24, 2.45) is 0 Å². The zero-order valence-electron chi connectivity index (χ0n) is 11.1. The smallest absolute Gasteiger partial charge is 0.328 e. The van der Waals surface area contributed by atoms with Gasteiger partial charge in [0.2, 0.25) is 5.88 Å². The molecule has 21 heavy (non-hydrogen) atoms. The lowest BCUT2D eigenvalue weighted by atomic mass is 9.88. The number of carbonyl (C=O) groups is 1. The molecule has 2 N–H and O–H groups in total. The third kappa shape index (κ3) is 2.33. The number of aromatic amines is 2. The third-order valence-corrected chi connectivity index (χ3v) is 3.40. The number of rotatable bonds is 2. The average molecular weight is 288 g/mol. The number of aromatic nitrogens is 2. The summed E-state index contributed by atoms with van der Waals surface area (Å²) in [7, 11) is 1.55. The molecule has 1 aliphatic heterocycles. The number of benzene rings is 1. The number of fused-ring (bicyclic) bond motifs is 1. The molecular weight excluding hydrogens is 276 g/mol. The Labute approximate surface area is 118 Å². The van der Waals surface area contributed by atoms with E-state index in [9.17, 15) is 14.4 Å². The fourth-order valence-electron chi connectivity index (χ4n) is 2.42. The van der Waals surface area contributed by atoms with Gasteiger partial charge >= 0.3 is 11.7 Å². The summed E-state index contributed by atoms with van der Waals surface area (Å²) in [5, 5.41) is 0. The van der Waals surface area contributed by atoms with Gasteiger partial charge in [0.1, 0.15) is 5.75 Å².